The Bertz CT molecular complexity index is 1440. The number of hydrogen-bond acceptors (Lipinski definition) is 7. The van der Waals surface area contributed by atoms with Gasteiger partial charge in [-0.25, -0.2) is 13.4 Å². The highest BCUT2D eigenvalue weighted by molar-refractivity contribution is 7.92. The van der Waals surface area contributed by atoms with Gasteiger partial charge in [0.2, 0.25) is 21.9 Å². The summed E-state index contributed by atoms with van der Waals surface area (Å²) < 4.78 is 66.3. The van der Waals surface area contributed by atoms with Crippen LogP contribution in [0.2, 0.25) is 0 Å². The van der Waals surface area contributed by atoms with Gasteiger partial charge in [0.15, 0.2) is 0 Å². The first kappa shape index (κ1) is 25.2. The van der Waals surface area contributed by atoms with E-state index in [0.717, 1.165) is 16.1 Å². The number of carbonyl (C=O) groups excluding carboxylic acids is 1. The lowest BCUT2D eigenvalue weighted by molar-refractivity contribution is -0.137. The van der Waals surface area contributed by atoms with Crippen LogP contribution in [0.25, 0.3) is 0 Å². The van der Waals surface area contributed by atoms with E-state index >= 15 is 0 Å². The molecule has 0 fully saturated rings. The molecule has 3 N–H and O–H groups in total. The van der Waals surface area contributed by atoms with Gasteiger partial charge in [0.1, 0.15) is 11.4 Å². The van der Waals surface area contributed by atoms with Crippen LogP contribution in [-0.4, -0.2) is 37.6 Å². The number of amides is 1. The summed E-state index contributed by atoms with van der Waals surface area (Å²) in [6.07, 6.45) is -2.74. The molecule has 0 aliphatic carbocycles. The molecule has 0 bridgehead atoms. The van der Waals surface area contributed by atoms with Gasteiger partial charge in [-0.3, -0.25) is 9.10 Å². The minimum absolute atomic E-state index is 0.0903. The zero-order valence-corrected chi connectivity index (χ0v) is 20.4. The SMILES string of the molecule is Cc1cccc(CNc2nc(Nc3ccc4c(c3)NC(=O)C4)ncc2C(F)(F)F)c1N(C)S(C)(=O)=O. The quantitative estimate of drug-likeness (QED) is 0.430. The number of hydrogen-bond donors (Lipinski definition) is 3. The first-order valence-electron chi connectivity index (χ1n) is 10.7. The summed E-state index contributed by atoms with van der Waals surface area (Å²) in [4.78, 5) is 19.4. The summed E-state index contributed by atoms with van der Waals surface area (Å²) >= 11 is 0. The molecule has 0 saturated carbocycles. The third kappa shape index (κ3) is 5.35. The van der Waals surface area contributed by atoms with Crippen molar-refractivity contribution in [3.05, 3.63) is 64.8 Å². The van der Waals surface area contributed by atoms with Crippen LogP contribution in [0, 0.1) is 6.92 Å². The number of halogens is 3. The summed E-state index contributed by atoms with van der Waals surface area (Å²) in [5.41, 5.74) is 2.32. The topological polar surface area (TPSA) is 116 Å². The van der Waals surface area contributed by atoms with Crippen molar-refractivity contribution in [2.45, 2.75) is 26.1 Å². The molecule has 1 aliphatic heterocycles. The van der Waals surface area contributed by atoms with Crippen molar-refractivity contribution in [2.24, 2.45) is 0 Å². The monoisotopic (exact) mass is 520 g/mol. The van der Waals surface area contributed by atoms with Gasteiger partial charge in [0, 0.05) is 31.2 Å². The number of carbonyl (C=O) groups is 1. The molecule has 3 aromatic rings. The molecule has 4 rings (SSSR count). The smallest absolute Gasteiger partial charge is 0.365 e. The maximum absolute atomic E-state index is 13.7. The highest BCUT2D eigenvalue weighted by Gasteiger charge is 2.35. The van der Waals surface area contributed by atoms with E-state index in [4.69, 9.17) is 0 Å². The zero-order valence-electron chi connectivity index (χ0n) is 19.6. The Morgan fingerprint density at radius 3 is 2.64 bits per heavy atom. The second-order valence-electron chi connectivity index (χ2n) is 8.34. The molecule has 0 spiro atoms. The molecule has 13 heteroatoms. The average Bonchev–Trinajstić information content (AvgIpc) is 3.15. The van der Waals surface area contributed by atoms with Crippen LogP contribution < -0.4 is 20.3 Å². The average molecular weight is 521 g/mol. The third-order valence-electron chi connectivity index (χ3n) is 5.67. The van der Waals surface area contributed by atoms with E-state index in [9.17, 15) is 26.4 Å². The second kappa shape index (κ2) is 9.30. The third-order valence-corrected chi connectivity index (χ3v) is 6.84. The Hall–Kier alpha value is -3.87. The molecule has 0 saturated heterocycles. The van der Waals surface area contributed by atoms with Gasteiger partial charge in [0.05, 0.1) is 18.4 Å². The molecular weight excluding hydrogens is 497 g/mol. The number of nitrogens with zero attached hydrogens (tertiary/aromatic N) is 3. The van der Waals surface area contributed by atoms with E-state index in [0.29, 0.717) is 34.4 Å². The number of aryl methyl sites for hydroxylation is 1. The lowest BCUT2D eigenvalue weighted by Crippen LogP contribution is -2.27. The van der Waals surface area contributed by atoms with Crippen LogP contribution in [0.3, 0.4) is 0 Å². The number of benzene rings is 2. The molecule has 2 heterocycles. The molecule has 190 valence electrons. The first-order valence-corrected chi connectivity index (χ1v) is 12.6. The highest BCUT2D eigenvalue weighted by Crippen LogP contribution is 2.35. The fourth-order valence-electron chi connectivity index (χ4n) is 3.86. The Balaban J connectivity index is 1.63. The normalized spacial score (nSPS) is 13.2. The summed E-state index contributed by atoms with van der Waals surface area (Å²) in [5.74, 6) is -0.701. The molecule has 1 aliphatic rings. The molecule has 36 heavy (non-hydrogen) atoms. The fraction of sp³-hybridized carbons (Fsp3) is 0.261. The summed E-state index contributed by atoms with van der Waals surface area (Å²) in [6, 6.07) is 10.1. The van der Waals surface area contributed by atoms with Crippen molar-refractivity contribution in [1.29, 1.82) is 0 Å². The molecule has 9 nitrogen and oxygen atoms in total. The summed E-state index contributed by atoms with van der Waals surface area (Å²) in [6.45, 7) is 1.59. The van der Waals surface area contributed by atoms with Crippen molar-refractivity contribution in [3.8, 4) is 0 Å². The second-order valence-corrected chi connectivity index (χ2v) is 10.4. The molecule has 0 radical (unpaired) electrons. The predicted octanol–water partition coefficient (Wildman–Crippen LogP) is 4.05. The van der Waals surface area contributed by atoms with E-state index in [2.05, 4.69) is 25.9 Å². The Labute approximate surface area is 205 Å². The van der Waals surface area contributed by atoms with Gasteiger partial charge >= 0.3 is 6.18 Å². The van der Waals surface area contributed by atoms with Gasteiger partial charge < -0.3 is 16.0 Å². The summed E-state index contributed by atoms with van der Waals surface area (Å²) in [5, 5.41) is 8.25. The van der Waals surface area contributed by atoms with Crippen molar-refractivity contribution in [1.82, 2.24) is 9.97 Å². The van der Waals surface area contributed by atoms with E-state index in [1.165, 1.54) is 7.05 Å². The van der Waals surface area contributed by atoms with E-state index in [1.807, 2.05) is 0 Å². The fourth-order valence-corrected chi connectivity index (χ4v) is 4.46. The van der Waals surface area contributed by atoms with Gasteiger partial charge in [-0.1, -0.05) is 24.3 Å². The number of anilines is 5. The molecule has 0 atom stereocenters. The van der Waals surface area contributed by atoms with Gasteiger partial charge in [-0.05, 0) is 35.7 Å². The standard InChI is InChI=1S/C23H23F3N6O3S/c1-13-5-4-6-15(20(13)32(2)36(3,34)35)11-27-21-17(23(24,25)26)12-28-22(31-21)29-16-8-7-14-9-19(33)30-18(14)10-16/h4-8,10,12H,9,11H2,1-3H3,(H,30,33)(H2,27,28,29,31). The van der Waals surface area contributed by atoms with Crippen molar-refractivity contribution in [3.63, 3.8) is 0 Å². The van der Waals surface area contributed by atoms with E-state index < -0.39 is 27.6 Å². The number of sulfonamides is 1. The molecule has 2 aromatic carbocycles. The number of para-hydroxylation sites is 1. The van der Waals surface area contributed by atoms with Crippen LogP contribution >= 0.6 is 0 Å². The van der Waals surface area contributed by atoms with E-state index in [-0.39, 0.29) is 24.8 Å². The van der Waals surface area contributed by atoms with Crippen molar-refractivity contribution >= 4 is 44.8 Å². The van der Waals surface area contributed by atoms with Crippen LogP contribution in [0.5, 0.6) is 0 Å². The number of nitrogens with one attached hydrogen (secondary N) is 3. The molecule has 0 unspecified atom stereocenters. The number of rotatable bonds is 7. The minimum Gasteiger partial charge on any atom is -0.365 e. The Morgan fingerprint density at radius 1 is 1.19 bits per heavy atom. The first-order chi connectivity index (χ1) is 16.8. The van der Waals surface area contributed by atoms with Gasteiger partial charge in [-0.2, -0.15) is 18.2 Å². The number of aromatic nitrogens is 2. The largest absolute Gasteiger partial charge is 0.421 e. The number of alkyl halides is 3. The van der Waals surface area contributed by atoms with Gasteiger partial charge in [0.25, 0.3) is 0 Å². The van der Waals surface area contributed by atoms with Crippen LogP contribution in [0.1, 0.15) is 22.3 Å². The predicted molar refractivity (Wildman–Crippen MR) is 131 cm³/mol. The molecule has 1 aromatic heterocycles. The number of fused-ring (bicyclic) bond motifs is 1. The van der Waals surface area contributed by atoms with Crippen LogP contribution in [0.4, 0.5) is 42.0 Å². The Kier molecular flexibility index (Phi) is 6.52. The minimum atomic E-state index is -4.72. The Morgan fingerprint density at radius 2 is 1.94 bits per heavy atom. The highest BCUT2D eigenvalue weighted by atomic mass is 32.2. The van der Waals surface area contributed by atoms with Crippen molar-refractivity contribution < 1.29 is 26.4 Å². The van der Waals surface area contributed by atoms with Gasteiger partial charge in [-0.15, -0.1) is 0 Å². The van der Waals surface area contributed by atoms with E-state index in [1.54, 1.807) is 43.3 Å². The maximum Gasteiger partial charge on any atom is 0.421 e. The molecular formula is C23H23F3N6O3S. The van der Waals surface area contributed by atoms with Crippen molar-refractivity contribution in [2.75, 3.05) is 33.6 Å². The lowest BCUT2D eigenvalue weighted by atomic mass is 10.1. The van der Waals surface area contributed by atoms with Crippen LogP contribution in [-0.2, 0) is 34.0 Å². The maximum atomic E-state index is 13.7. The zero-order chi connectivity index (χ0) is 26.3. The molecule has 1 amide bonds. The van der Waals surface area contributed by atoms with Crippen LogP contribution in [0.15, 0.2) is 42.6 Å². The summed E-state index contributed by atoms with van der Waals surface area (Å²) in [7, 11) is -2.22. The lowest BCUT2D eigenvalue weighted by Gasteiger charge is -2.23.